The highest BCUT2D eigenvalue weighted by Gasteiger charge is 2.19. The van der Waals surface area contributed by atoms with Gasteiger partial charge in [-0.25, -0.2) is 4.39 Å². The van der Waals surface area contributed by atoms with Crippen molar-refractivity contribution in [2.24, 2.45) is 11.7 Å². The summed E-state index contributed by atoms with van der Waals surface area (Å²) >= 11 is 0. The third-order valence-corrected chi connectivity index (χ3v) is 2.50. The van der Waals surface area contributed by atoms with Gasteiger partial charge in [0.2, 0.25) is 5.91 Å². The minimum Gasteiger partial charge on any atom is -0.330 e. The van der Waals surface area contributed by atoms with Gasteiger partial charge in [0.25, 0.3) is 0 Å². The summed E-state index contributed by atoms with van der Waals surface area (Å²) in [4.78, 5) is 13.6. The molecule has 0 heterocycles. The molecule has 1 aromatic carbocycles. The van der Waals surface area contributed by atoms with Crippen molar-refractivity contribution < 1.29 is 9.18 Å². The summed E-state index contributed by atoms with van der Waals surface area (Å²) in [5, 5.41) is 0. The zero-order chi connectivity index (χ0) is 12.1. The maximum Gasteiger partial charge on any atom is 0.231 e. The molecular formula is C12H18ClFN2O. The molecule has 0 radical (unpaired) electrons. The van der Waals surface area contributed by atoms with Crippen LogP contribution in [0.5, 0.6) is 0 Å². The van der Waals surface area contributed by atoms with Crippen LogP contribution in [0.15, 0.2) is 24.3 Å². The lowest BCUT2D eigenvalue weighted by Crippen LogP contribution is -2.37. The van der Waals surface area contributed by atoms with Gasteiger partial charge >= 0.3 is 0 Å². The zero-order valence-corrected chi connectivity index (χ0v) is 10.8. The van der Waals surface area contributed by atoms with E-state index in [1.54, 1.807) is 24.0 Å². The fourth-order valence-corrected chi connectivity index (χ4v) is 1.45. The molecule has 1 unspecified atom stereocenters. The van der Waals surface area contributed by atoms with Crippen LogP contribution in [0.2, 0.25) is 0 Å². The van der Waals surface area contributed by atoms with Gasteiger partial charge in [-0.3, -0.25) is 4.79 Å². The highest BCUT2D eigenvalue weighted by molar-refractivity contribution is 5.94. The molecule has 17 heavy (non-hydrogen) atoms. The topological polar surface area (TPSA) is 46.3 Å². The lowest BCUT2D eigenvalue weighted by Gasteiger charge is -2.23. The van der Waals surface area contributed by atoms with E-state index in [9.17, 15) is 9.18 Å². The van der Waals surface area contributed by atoms with Gasteiger partial charge in [-0.15, -0.1) is 12.4 Å². The Bertz CT molecular complexity index is 356. The monoisotopic (exact) mass is 260 g/mol. The summed E-state index contributed by atoms with van der Waals surface area (Å²) in [6.45, 7) is 4.53. The number of hydrogen-bond donors (Lipinski definition) is 1. The number of carbonyl (C=O) groups excluding carboxylic acids is 1. The van der Waals surface area contributed by atoms with Crippen LogP contribution in [0.25, 0.3) is 0 Å². The number of halogens is 2. The number of anilines is 1. The third kappa shape index (κ3) is 3.98. The van der Waals surface area contributed by atoms with Crippen LogP contribution in [0, 0.1) is 11.7 Å². The number of benzene rings is 1. The highest BCUT2D eigenvalue weighted by atomic mass is 35.5. The number of rotatable bonds is 4. The van der Waals surface area contributed by atoms with Gasteiger partial charge < -0.3 is 10.6 Å². The van der Waals surface area contributed by atoms with Crippen molar-refractivity contribution in [3.05, 3.63) is 30.1 Å². The molecule has 0 fully saturated rings. The van der Waals surface area contributed by atoms with Crippen molar-refractivity contribution in [2.45, 2.75) is 13.8 Å². The molecule has 2 N–H and O–H groups in total. The first kappa shape index (κ1) is 15.9. The van der Waals surface area contributed by atoms with E-state index in [0.717, 1.165) is 0 Å². The maximum absolute atomic E-state index is 12.8. The second kappa shape index (κ2) is 7.25. The molecule has 1 atom stereocenters. The summed E-state index contributed by atoms with van der Waals surface area (Å²) < 4.78 is 12.8. The number of hydrogen-bond acceptors (Lipinski definition) is 2. The van der Waals surface area contributed by atoms with Gasteiger partial charge in [0.1, 0.15) is 5.82 Å². The lowest BCUT2D eigenvalue weighted by molar-refractivity contribution is -0.121. The molecule has 5 heteroatoms. The number of nitrogens with two attached hydrogens (primary N) is 1. The largest absolute Gasteiger partial charge is 0.330 e. The molecule has 0 aliphatic carbocycles. The van der Waals surface area contributed by atoms with Crippen LogP contribution in [0.1, 0.15) is 13.8 Å². The van der Waals surface area contributed by atoms with Gasteiger partial charge in [0.05, 0.1) is 0 Å². The van der Waals surface area contributed by atoms with E-state index in [1.165, 1.54) is 12.1 Å². The first-order valence-electron chi connectivity index (χ1n) is 5.37. The van der Waals surface area contributed by atoms with Crippen LogP contribution in [0.4, 0.5) is 10.1 Å². The van der Waals surface area contributed by atoms with E-state index >= 15 is 0 Å². The first-order chi connectivity index (χ1) is 7.60. The summed E-state index contributed by atoms with van der Waals surface area (Å²) in [7, 11) is 0. The summed E-state index contributed by atoms with van der Waals surface area (Å²) in [5.74, 6) is -0.555. The predicted octanol–water partition coefficient (Wildman–Crippen LogP) is 2.20. The minimum atomic E-state index is -0.306. The quantitative estimate of drug-likeness (QED) is 0.902. The fourth-order valence-electron chi connectivity index (χ4n) is 1.45. The third-order valence-electron chi connectivity index (χ3n) is 2.50. The smallest absolute Gasteiger partial charge is 0.231 e. The van der Waals surface area contributed by atoms with Gasteiger partial charge in [-0.05, 0) is 31.2 Å². The summed E-state index contributed by atoms with van der Waals surface area (Å²) in [6, 6.07) is 5.89. The Labute approximate surface area is 107 Å². The second-order valence-corrected chi connectivity index (χ2v) is 3.70. The molecule has 1 rings (SSSR count). The number of nitrogens with zero attached hydrogens (tertiary/aromatic N) is 1. The van der Waals surface area contributed by atoms with Crippen LogP contribution < -0.4 is 10.6 Å². The van der Waals surface area contributed by atoms with E-state index in [4.69, 9.17) is 5.73 Å². The van der Waals surface area contributed by atoms with E-state index in [1.807, 2.05) is 6.92 Å². The van der Waals surface area contributed by atoms with E-state index in [0.29, 0.717) is 18.8 Å². The van der Waals surface area contributed by atoms with Crippen molar-refractivity contribution in [3.8, 4) is 0 Å². The SMILES string of the molecule is CCN(C(=O)C(C)CN)c1ccc(F)cc1.Cl. The average molecular weight is 261 g/mol. The van der Waals surface area contributed by atoms with Gasteiger partial charge in [-0.1, -0.05) is 6.92 Å². The zero-order valence-electron chi connectivity index (χ0n) is 10.0. The molecule has 3 nitrogen and oxygen atoms in total. The molecule has 0 spiro atoms. The molecule has 0 aliphatic heterocycles. The summed E-state index contributed by atoms with van der Waals surface area (Å²) in [5.41, 5.74) is 6.16. The van der Waals surface area contributed by atoms with Gasteiger partial charge in [0, 0.05) is 24.7 Å². The Kier molecular flexibility index (Phi) is 6.76. The second-order valence-electron chi connectivity index (χ2n) is 3.70. The predicted molar refractivity (Wildman–Crippen MR) is 69.9 cm³/mol. The maximum atomic E-state index is 12.8. The van der Waals surface area contributed by atoms with Crippen molar-refractivity contribution in [2.75, 3.05) is 18.0 Å². The molecule has 0 aromatic heterocycles. The van der Waals surface area contributed by atoms with Crippen LogP contribution in [-0.4, -0.2) is 19.0 Å². The summed E-state index contributed by atoms with van der Waals surface area (Å²) in [6.07, 6.45) is 0. The Hall–Kier alpha value is -1.13. The van der Waals surface area contributed by atoms with Crippen LogP contribution >= 0.6 is 12.4 Å². The lowest BCUT2D eigenvalue weighted by atomic mass is 10.1. The Morgan fingerprint density at radius 1 is 1.41 bits per heavy atom. The van der Waals surface area contributed by atoms with Crippen molar-refractivity contribution in [3.63, 3.8) is 0 Å². The highest BCUT2D eigenvalue weighted by Crippen LogP contribution is 2.16. The molecule has 0 saturated carbocycles. The first-order valence-corrected chi connectivity index (χ1v) is 5.37. The van der Waals surface area contributed by atoms with Crippen molar-refractivity contribution in [1.82, 2.24) is 0 Å². The number of amides is 1. The molecule has 0 bridgehead atoms. The van der Waals surface area contributed by atoms with E-state index < -0.39 is 0 Å². The van der Waals surface area contributed by atoms with Crippen molar-refractivity contribution in [1.29, 1.82) is 0 Å². The molecule has 1 aromatic rings. The molecule has 0 aliphatic rings. The molecule has 96 valence electrons. The Morgan fingerprint density at radius 3 is 2.35 bits per heavy atom. The average Bonchev–Trinajstić information content (AvgIpc) is 2.31. The molecule has 0 saturated heterocycles. The van der Waals surface area contributed by atoms with E-state index in [-0.39, 0.29) is 30.0 Å². The fraction of sp³-hybridized carbons (Fsp3) is 0.417. The molecular weight excluding hydrogens is 243 g/mol. The molecule has 1 amide bonds. The standard InChI is InChI=1S/C12H17FN2O.ClH/c1-3-15(12(16)9(2)8-14)11-6-4-10(13)5-7-11;/h4-7,9H,3,8,14H2,1-2H3;1H. The van der Waals surface area contributed by atoms with E-state index in [2.05, 4.69) is 0 Å². The minimum absolute atomic E-state index is 0. The normalized spacial score (nSPS) is 11.5. The number of carbonyl (C=O) groups is 1. The van der Waals surface area contributed by atoms with Crippen LogP contribution in [0.3, 0.4) is 0 Å². The van der Waals surface area contributed by atoms with Crippen LogP contribution in [-0.2, 0) is 4.79 Å². The van der Waals surface area contributed by atoms with Crippen molar-refractivity contribution >= 4 is 24.0 Å². The Morgan fingerprint density at radius 2 is 1.94 bits per heavy atom. The van der Waals surface area contributed by atoms with Gasteiger partial charge in [0.15, 0.2) is 0 Å². The Balaban J connectivity index is 0.00000256. The van der Waals surface area contributed by atoms with Gasteiger partial charge in [-0.2, -0.15) is 0 Å².